The molecule has 0 saturated heterocycles. The van der Waals surface area contributed by atoms with Crippen molar-refractivity contribution in [3.8, 4) is 5.75 Å². The van der Waals surface area contributed by atoms with Gasteiger partial charge in [0.25, 0.3) is 5.69 Å². The van der Waals surface area contributed by atoms with E-state index in [1.165, 1.54) is 12.1 Å². The van der Waals surface area contributed by atoms with Gasteiger partial charge in [-0.3, -0.25) is 10.1 Å². The van der Waals surface area contributed by atoms with E-state index in [4.69, 9.17) is 16.3 Å². The zero-order valence-electron chi connectivity index (χ0n) is 11.3. The Morgan fingerprint density at radius 1 is 1.29 bits per heavy atom. The minimum atomic E-state index is -0.591. The van der Waals surface area contributed by atoms with E-state index in [1.54, 1.807) is 37.3 Å². The van der Waals surface area contributed by atoms with Crippen LogP contribution in [0, 0.1) is 10.1 Å². The quantitative estimate of drug-likeness (QED) is 0.672. The summed E-state index contributed by atoms with van der Waals surface area (Å²) >= 11 is 6.08. The smallest absolute Gasteiger partial charge is 0.269 e. The van der Waals surface area contributed by atoms with Gasteiger partial charge in [-0.05, 0) is 42.3 Å². The molecule has 2 aromatic rings. The number of non-ortho nitro benzene ring substituents is 1. The van der Waals surface area contributed by atoms with E-state index in [1.807, 2.05) is 0 Å². The lowest BCUT2D eigenvalue weighted by Gasteiger charge is -2.11. The van der Waals surface area contributed by atoms with Crippen molar-refractivity contribution >= 4 is 17.3 Å². The van der Waals surface area contributed by atoms with Gasteiger partial charge in [0.05, 0.1) is 16.0 Å². The van der Waals surface area contributed by atoms with Gasteiger partial charge in [0.1, 0.15) is 12.4 Å². The van der Waals surface area contributed by atoms with Crippen LogP contribution < -0.4 is 4.74 Å². The van der Waals surface area contributed by atoms with E-state index in [0.29, 0.717) is 16.3 Å². The molecule has 1 N–H and O–H groups in total. The molecule has 0 saturated carbocycles. The third-order valence-electron chi connectivity index (χ3n) is 2.98. The molecule has 0 spiro atoms. The molecule has 0 heterocycles. The summed E-state index contributed by atoms with van der Waals surface area (Å²) in [5.74, 6) is 0.499. The van der Waals surface area contributed by atoms with Crippen LogP contribution in [0.2, 0.25) is 5.02 Å². The Hall–Kier alpha value is -2.11. The van der Waals surface area contributed by atoms with Gasteiger partial charge in [-0.25, -0.2) is 0 Å². The molecule has 0 bridgehead atoms. The fourth-order valence-electron chi connectivity index (χ4n) is 1.77. The molecule has 0 amide bonds. The van der Waals surface area contributed by atoms with Crippen LogP contribution in [0.4, 0.5) is 5.69 Å². The van der Waals surface area contributed by atoms with Crippen LogP contribution in [-0.2, 0) is 6.61 Å². The first kappa shape index (κ1) is 15.3. The molecule has 21 heavy (non-hydrogen) atoms. The highest BCUT2D eigenvalue weighted by molar-refractivity contribution is 6.32. The van der Waals surface area contributed by atoms with Gasteiger partial charge in [0.2, 0.25) is 0 Å². The number of halogens is 1. The Kier molecular flexibility index (Phi) is 4.77. The first-order chi connectivity index (χ1) is 9.97. The van der Waals surface area contributed by atoms with Gasteiger partial charge in [0.15, 0.2) is 0 Å². The van der Waals surface area contributed by atoms with E-state index >= 15 is 0 Å². The van der Waals surface area contributed by atoms with E-state index in [-0.39, 0.29) is 12.3 Å². The molecule has 1 atom stereocenters. The van der Waals surface area contributed by atoms with Crippen LogP contribution in [-0.4, -0.2) is 10.0 Å². The van der Waals surface area contributed by atoms with Crippen LogP contribution in [0.25, 0.3) is 0 Å². The lowest BCUT2D eigenvalue weighted by molar-refractivity contribution is -0.384. The van der Waals surface area contributed by atoms with Gasteiger partial charge < -0.3 is 9.84 Å². The molecular weight excluding hydrogens is 294 g/mol. The van der Waals surface area contributed by atoms with Gasteiger partial charge in [-0.1, -0.05) is 17.7 Å². The van der Waals surface area contributed by atoms with E-state index in [2.05, 4.69) is 0 Å². The van der Waals surface area contributed by atoms with Crippen molar-refractivity contribution in [2.75, 3.05) is 0 Å². The monoisotopic (exact) mass is 307 g/mol. The van der Waals surface area contributed by atoms with Gasteiger partial charge in [-0.15, -0.1) is 0 Å². The molecule has 0 aliphatic carbocycles. The number of ether oxygens (including phenoxy) is 1. The third-order valence-corrected chi connectivity index (χ3v) is 3.28. The second-order valence-electron chi connectivity index (χ2n) is 4.58. The Morgan fingerprint density at radius 3 is 2.48 bits per heavy atom. The standard InChI is InChI=1S/C15H14ClNO4/c1-10(18)12-4-7-15(14(16)8-12)21-9-11-2-5-13(6-3-11)17(19)20/h2-8,10,18H,9H2,1H3. The van der Waals surface area contributed by atoms with Crippen LogP contribution in [0.1, 0.15) is 24.2 Å². The van der Waals surface area contributed by atoms with Crippen molar-refractivity contribution in [3.05, 3.63) is 68.7 Å². The second kappa shape index (κ2) is 6.56. The normalized spacial score (nSPS) is 12.0. The third kappa shape index (κ3) is 3.93. The number of nitrogens with zero attached hydrogens (tertiary/aromatic N) is 1. The molecule has 0 fully saturated rings. The summed E-state index contributed by atoms with van der Waals surface area (Å²) in [5.41, 5.74) is 1.55. The molecule has 0 aliphatic heterocycles. The predicted octanol–water partition coefficient (Wildman–Crippen LogP) is 3.88. The molecule has 1 unspecified atom stereocenters. The van der Waals surface area contributed by atoms with Gasteiger partial charge >= 0.3 is 0 Å². The number of aliphatic hydroxyl groups excluding tert-OH is 1. The Labute approximate surface area is 126 Å². The first-order valence-electron chi connectivity index (χ1n) is 6.31. The summed E-state index contributed by atoms with van der Waals surface area (Å²) in [6.45, 7) is 1.91. The second-order valence-corrected chi connectivity index (χ2v) is 4.99. The van der Waals surface area contributed by atoms with Crippen molar-refractivity contribution in [1.82, 2.24) is 0 Å². The summed E-state index contributed by atoms with van der Waals surface area (Å²) in [6.07, 6.45) is -0.591. The maximum atomic E-state index is 10.6. The topological polar surface area (TPSA) is 72.6 Å². The molecule has 2 aromatic carbocycles. The van der Waals surface area contributed by atoms with Crippen molar-refractivity contribution in [2.45, 2.75) is 19.6 Å². The number of hydrogen-bond donors (Lipinski definition) is 1. The minimum absolute atomic E-state index is 0.0399. The summed E-state index contributed by atoms with van der Waals surface area (Å²) in [7, 11) is 0. The van der Waals surface area contributed by atoms with Crippen LogP contribution in [0.3, 0.4) is 0 Å². The SMILES string of the molecule is CC(O)c1ccc(OCc2ccc([N+](=O)[O-])cc2)c(Cl)c1. The van der Waals surface area contributed by atoms with E-state index in [9.17, 15) is 15.2 Å². The highest BCUT2D eigenvalue weighted by Crippen LogP contribution is 2.28. The zero-order chi connectivity index (χ0) is 15.4. The molecular formula is C15H14ClNO4. The summed E-state index contributed by atoms with van der Waals surface area (Å²) in [6, 6.07) is 11.2. The molecule has 0 aliphatic rings. The highest BCUT2D eigenvalue weighted by atomic mass is 35.5. The van der Waals surface area contributed by atoms with Crippen molar-refractivity contribution in [3.63, 3.8) is 0 Å². The van der Waals surface area contributed by atoms with Gasteiger partial charge in [0, 0.05) is 12.1 Å². The largest absolute Gasteiger partial charge is 0.487 e. The van der Waals surface area contributed by atoms with Crippen molar-refractivity contribution in [2.24, 2.45) is 0 Å². The fraction of sp³-hybridized carbons (Fsp3) is 0.200. The fourth-order valence-corrected chi connectivity index (χ4v) is 2.01. The van der Waals surface area contributed by atoms with E-state index < -0.39 is 11.0 Å². The number of nitro groups is 1. The van der Waals surface area contributed by atoms with Crippen molar-refractivity contribution < 1.29 is 14.8 Å². The van der Waals surface area contributed by atoms with Crippen LogP contribution in [0.15, 0.2) is 42.5 Å². The van der Waals surface area contributed by atoms with E-state index in [0.717, 1.165) is 5.56 Å². The maximum absolute atomic E-state index is 10.6. The molecule has 0 aromatic heterocycles. The number of rotatable bonds is 5. The summed E-state index contributed by atoms with van der Waals surface area (Å²) < 4.78 is 5.57. The lowest BCUT2D eigenvalue weighted by atomic mass is 10.1. The number of benzene rings is 2. The minimum Gasteiger partial charge on any atom is -0.487 e. The predicted molar refractivity (Wildman–Crippen MR) is 79.5 cm³/mol. The molecule has 5 nitrogen and oxygen atoms in total. The zero-order valence-corrected chi connectivity index (χ0v) is 12.1. The summed E-state index contributed by atoms with van der Waals surface area (Å²) in [4.78, 5) is 10.1. The average Bonchev–Trinajstić information content (AvgIpc) is 2.46. The van der Waals surface area contributed by atoms with Crippen LogP contribution >= 0.6 is 11.6 Å². The Balaban J connectivity index is 2.04. The lowest BCUT2D eigenvalue weighted by Crippen LogP contribution is -1.98. The molecule has 110 valence electrons. The Bertz CT molecular complexity index is 641. The average molecular weight is 308 g/mol. The van der Waals surface area contributed by atoms with Gasteiger partial charge in [-0.2, -0.15) is 0 Å². The Morgan fingerprint density at radius 2 is 1.95 bits per heavy atom. The molecule has 6 heteroatoms. The highest BCUT2D eigenvalue weighted by Gasteiger charge is 2.08. The van der Waals surface area contributed by atoms with Crippen molar-refractivity contribution in [1.29, 1.82) is 0 Å². The summed E-state index contributed by atoms with van der Waals surface area (Å²) in [5, 5.41) is 20.4. The van der Waals surface area contributed by atoms with Crippen LogP contribution in [0.5, 0.6) is 5.75 Å². The number of hydrogen-bond acceptors (Lipinski definition) is 4. The number of nitro benzene ring substituents is 1. The molecule has 0 radical (unpaired) electrons. The molecule has 2 rings (SSSR count). The first-order valence-corrected chi connectivity index (χ1v) is 6.69. The maximum Gasteiger partial charge on any atom is 0.269 e. The number of aliphatic hydroxyl groups is 1.